The number of hydrogen-bond acceptors (Lipinski definition) is 4. The Hall–Kier alpha value is -1.75. The van der Waals surface area contributed by atoms with Crippen molar-refractivity contribution < 1.29 is 0 Å². The van der Waals surface area contributed by atoms with Gasteiger partial charge in [-0.25, -0.2) is 9.97 Å². The molecule has 2 heterocycles. The Morgan fingerprint density at radius 1 is 1.29 bits per heavy atom. The summed E-state index contributed by atoms with van der Waals surface area (Å²) in [4.78, 5) is 8.37. The largest absolute Gasteiger partial charge is 0.308 e. The van der Waals surface area contributed by atoms with Gasteiger partial charge < -0.3 is 5.32 Å². The van der Waals surface area contributed by atoms with Crippen molar-refractivity contribution >= 4 is 0 Å². The number of rotatable bonds is 8. The fraction of sp³-hybridized carbons (Fsp3) is 0.562. The van der Waals surface area contributed by atoms with E-state index in [1.54, 1.807) is 12.5 Å². The van der Waals surface area contributed by atoms with Crippen LogP contribution in [0.1, 0.15) is 57.1 Å². The number of nitrogens with one attached hydrogen (secondary N) is 1. The minimum Gasteiger partial charge on any atom is -0.308 e. The Morgan fingerprint density at radius 3 is 2.81 bits per heavy atom. The van der Waals surface area contributed by atoms with E-state index in [4.69, 9.17) is 0 Å². The van der Waals surface area contributed by atoms with Crippen LogP contribution in [0.3, 0.4) is 0 Å². The summed E-state index contributed by atoms with van der Waals surface area (Å²) in [5, 5.41) is 8.23. The molecule has 2 aromatic rings. The first-order valence-electron chi connectivity index (χ1n) is 7.77. The molecular formula is C16H25N5. The van der Waals surface area contributed by atoms with Crippen LogP contribution in [-0.2, 0) is 6.42 Å². The highest BCUT2D eigenvalue weighted by molar-refractivity contribution is 5.11. The third kappa shape index (κ3) is 4.36. The first-order valence-corrected chi connectivity index (χ1v) is 7.77. The van der Waals surface area contributed by atoms with Gasteiger partial charge in [0.1, 0.15) is 6.33 Å². The van der Waals surface area contributed by atoms with Crippen molar-refractivity contribution in [2.24, 2.45) is 0 Å². The SMILES string of the molecule is CCCNC(Cc1ccn(C(C)CC)n1)c1ccncn1. The van der Waals surface area contributed by atoms with Gasteiger partial charge in [0.25, 0.3) is 0 Å². The summed E-state index contributed by atoms with van der Waals surface area (Å²) in [5.41, 5.74) is 2.12. The summed E-state index contributed by atoms with van der Waals surface area (Å²) >= 11 is 0. The van der Waals surface area contributed by atoms with Crippen LogP contribution in [0.25, 0.3) is 0 Å². The lowest BCUT2D eigenvalue weighted by Crippen LogP contribution is -2.25. The number of hydrogen-bond donors (Lipinski definition) is 1. The number of aromatic nitrogens is 4. The molecule has 0 fully saturated rings. The summed E-state index contributed by atoms with van der Waals surface area (Å²) in [6, 6.07) is 4.71. The van der Waals surface area contributed by atoms with E-state index >= 15 is 0 Å². The molecule has 0 radical (unpaired) electrons. The van der Waals surface area contributed by atoms with E-state index in [9.17, 15) is 0 Å². The lowest BCUT2D eigenvalue weighted by Gasteiger charge is -2.16. The minimum absolute atomic E-state index is 0.188. The van der Waals surface area contributed by atoms with Crippen molar-refractivity contribution in [1.29, 1.82) is 0 Å². The van der Waals surface area contributed by atoms with E-state index in [1.807, 2.05) is 10.7 Å². The van der Waals surface area contributed by atoms with E-state index < -0.39 is 0 Å². The zero-order valence-corrected chi connectivity index (χ0v) is 13.2. The average molecular weight is 287 g/mol. The Balaban J connectivity index is 2.09. The molecule has 5 nitrogen and oxygen atoms in total. The van der Waals surface area contributed by atoms with Gasteiger partial charge in [0, 0.05) is 24.9 Å². The second kappa shape index (κ2) is 7.88. The van der Waals surface area contributed by atoms with Gasteiger partial charge in [0.2, 0.25) is 0 Å². The van der Waals surface area contributed by atoms with E-state index in [-0.39, 0.29) is 6.04 Å². The fourth-order valence-corrected chi connectivity index (χ4v) is 2.23. The molecule has 0 aromatic carbocycles. The first kappa shape index (κ1) is 15.6. The zero-order chi connectivity index (χ0) is 15.1. The topological polar surface area (TPSA) is 55.6 Å². The average Bonchev–Trinajstić information content (AvgIpc) is 3.00. The van der Waals surface area contributed by atoms with Crippen molar-refractivity contribution in [3.05, 3.63) is 42.2 Å². The van der Waals surface area contributed by atoms with Gasteiger partial charge in [-0.15, -0.1) is 0 Å². The second-order valence-corrected chi connectivity index (χ2v) is 5.39. The lowest BCUT2D eigenvalue weighted by atomic mass is 10.1. The Labute approximate surface area is 126 Å². The van der Waals surface area contributed by atoms with Crippen LogP contribution in [-0.4, -0.2) is 26.3 Å². The maximum atomic E-state index is 4.69. The molecule has 2 rings (SSSR count). The lowest BCUT2D eigenvalue weighted by molar-refractivity contribution is 0.463. The van der Waals surface area contributed by atoms with E-state index in [0.717, 1.165) is 37.2 Å². The summed E-state index contributed by atoms with van der Waals surface area (Å²) in [6.45, 7) is 7.51. The molecule has 0 aliphatic carbocycles. The van der Waals surface area contributed by atoms with Crippen LogP contribution >= 0.6 is 0 Å². The van der Waals surface area contributed by atoms with E-state index in [2.05, 4.69) is 53.4 Å². The highest BCUT2D eigenvalue weighted by Gasteiger charge is 2.15. The number of nitrogens with zero attached hydrogens (tertiary/aromatic N) is 4. The molecule has 114 valence electrons. The normalized spacial score (nSPS) is 14.0. The van der Waals surface area contributed by atoms with Gasteiger partial charge in [-0.1, -0.05) is 13.8 Å². The van der Waals surface area contributed by atoms with Gasteiger partial charge in [-0.05, 0) is 38.4 Å². The Bertz CT molecular complexity index is 522. The van der Waals surface area contributed by atoms with E-state index in [0.29, 0.717) is 6.04 Å². The molecule has 0 aliphatic rings. The van der Waals surface area contributed by atoms with Gasteiger partial charge >= 0.3 is 0 Å². The maximum Gasteiger partial charge on any atom is 0.115 e. The first-order chi connectivity index (χ1) is 10.2. The van der Waals surface area contributed by atoms with Crippen LogP contribution in [0.15, 0.2) is 30.9 Å². The zero-order valence-electron chi connectivity index (χ0n) is 13.2. The quantitative estimate of drug-likeness (QED) is 0.811. The second-order valence-electron chi connectivity index (χ2n) is 5.39. The van der Waals surface area contributed by atoms with Crippen molar-refractivity contribution in [3.8, 4) is 0 Å². The predicted octanol–water partition coefficient (Wildman–Crippen LogP) is 2.93. The minimum atomic E-state index is 0.188. The molecule has 2 aromatic heterocycles. The van der Waals surface area contributed by atoms with Gasteiger partial charge in [0.15, 0.2) is 0 Å². The molecule has 0 amide bonds. The third-order valence-corrected chi connectivity index (χ3v) is 3.72. The third-order valence-electron chi connectivity index (χ3n) is 3.72. The van der Waals surface area contributed by atoms with Gasteiger partial charge in [0.05, 0.1) is 17.4 Å². The van der Waals surface area contributed by atoms with Crippen molar-refractivity contribution in [2.75, 3.05) is 6.54 Å². The highest BCUT2D eigenvalue weighted by Crippen LogP contribution is 2.16. The molecule has 0 spiro atoms. The summed E-state index contributed by atoms with van der Waals surface area (Å²) in [5.74, 6) is 0. The molecule has 2 unspecified atom stereocenters. The van der Waals surface area contributed by atoms with Crippen molar-refractivity contribution in [3.63, 3.8) is 0 Å². The van der Waals surface area contributed by atoms with Crippen LogP contribution in [0.2, 0.25) is 0 Å². The fourth-order valence-electron chi connectivity index (χ4n) is 2.23. The predicted molar refractivity (Wildman–Crippen MR) is 84.0 cm³/mol. The van der Waals surface area contributed by atoms with Crippen LogP contribution < -0.4 is 5.32 Å². The monoisotopic (exact) mass is 287 g/mol. The summed E-state index contributed by atoms with van der Waals surface area (Å²) in [7, 11) is 0. The van der Waals surface area contributed by atoms with Crippen LogP contribution in [0.4, 0.5) is 0 Å². The maximum absolute atomic E-state index is 4.69. The van der Waals surface area contributed by atoms with Gasteiger partial charge in [-0.3, -0.25) is 4.68 Å². The molecule has 0 saturated carbocycles. The van der Waals surface area contributed by atoms with Crippen LogP contribution in [0, 0.1) is 0 Å². The smallest absolute Gasteiger partial charge is 0.115 e. The molecule has 1 N–H and O–H groups in total. The van der Waals surface area contributed by atoms with Crippen LogP contribution in [0.5, 0.6) is 0 Å². The molecule has 0 aliphatic heterocycles. The molecule has 0 bridgehead atoms. The summed E-state index contributed by atoms with van der Waals surface area (Å²) in [6.07, 6.45) is 8.50. The van der Waals surface area contributed by atoms with Crippen molar-refractivity contribution in [2.45, 2.75) is 52.1 Å². The molecule has 2 atom stereocenters. The molecule has 5 heteroatoms. The molecule has 0 saturated heterocycles. The molecule has 21 heavy (non-hydrogen) atoms. The van der Waals surface area contributed by atoms with E-state index in [1.165, 1.54) is 0 Å². The standard InChI is InChI=1S/C16H25N5/c1-4-8-18-16(15-6-9-17-12-19-15)11-14-7-10-21(20-14)13(3)5-2/h6-7,9-10,12-13,16,18H,4-5,8,11H2,1-3H3. The van der Waals surface area contributed by atoms with Gasteiger partial charge in [-0.2, -0.15) is 5.10 Å². The highest BCUT2D eigenvalue weighted by atomic mass is 15.3. The Morgan fingerprint density at radius 2 is 2.14 bits per heavy atom. The molecular weight excluding hydrogens is 262 g/mol. The Kier molecular flexibility index (Phi) is 5.87. The summed E-state index contributed by atoms with van der Waals surface area (Å²) < 4.78 is 2.05. The van der Waals surface area contributed by atoms with Crippen molar-refractivity contribution in [1.82, 2.24) is 25.1 Å².